The van der Waals surface area contributed by atoms with Crippen molar-refractivity contribution in [2.24, 2.45) is 5.73 Å². The third-order valence-electron chi connectivity index (χ3n) is 13.7. The van der Waals surface area contributed by atoms with Crippen molar-refractivity contribution in [1.29, 1.82) is 31.6 Å². The predicted molar refractivity (Wildman–Crippen MR) is 344 cm³/mol. The van der Waals surface area contributed by atoms with Crippen LogP contribution in [0.4, 0.5) is 29.1 Å². The highest BCUT2D eigenvalue weighted by Gasteiger charge is 2.23. The zero-order valence-electron chi connectivity index (χ0n) is 48.6. The van der Waals surface area contributed by atoms with E-state index >= 15 is 0 Å². The second-order valence-corrected chi connectivity index (χ2v) is 20.0. The fourth-order valence-electron chi connectivity index (χ4n) is 9.38. The SMILES string of the molecule is CC(N)c1nc2cccc(C#N)c2cc1-c1ccccn1.C[C@@H](Nc1ncnc(N)c1C#N)c1nc2cccc(C#N)c2cc1-c1ccccn1.C[C@H](Nc1ncnc(N)c1C#N)c1nc2cccc(C#N)c2cc1-c1ccccn1.N#Cc1c(N)ncnc1Cl. The smallest absolute Gasteiger partial charge is 0.152 e. The molecule has 0 saturated heterocycles. The van der Waals surface area contributed by atoms with Crippen molar-refractivity contribution < 1.29 is 0 Å². The maximum absolute atomic E-state index is 9.49. The summed E-state index contributed by atoms with van der Waals surface area (Å²) in [6.45, 7) is 5.72. The number of nitrogens with two attached hydrogens (primary N) is 4. The van der Waals surface area contributed by atoms with Gasteiger partial charge in [0.25, 0.3) is 0 Å². The minimum atomic E-state index is -0.335. The molecule has 24 nitrogen and oxygen atoms in total. The van der Waals surface area contributed by atoms with Gasteiger partial charge in [0.2, 0.25) is 0 Å². The largest absolute Gasteiger partial charge is 0.382 e. The number of nitrogens with zero attached hydrogens (tertiary/aromatic N) is 18. The molecule has 0 fully saturated rings. The van der Waals surface area contributed by atoms with Gasteiger partial charge in [-0.3, -0.25) is 19.9 Å². The van der Waals surface area contributed by atoms with Crippen LogP contribution >= 0.6 is 11.6 Å². The van der Waals surface area contributed by atoms with Crippen molar-refractivity contribution in [3.63, 3.8) is 0 Å². The van der Waals surface area contributed by atoms with E-state index in [2.05, 4.69) is 78.7 Å². The van der Waals surface area contributed by atoms with Crippen LogP contribution in [0.25, 0.3) is 66.5 Å². The molecule has 10 N–H and O–H groups in total. The van der Waals surface area contributed by atoms with Crippen molar-refractivity contribution in [2.45, 2.75) is 38.9 Å². The highest BCUT2D eigenvalue weighted by Crippen LogP contribution is 2.35. The molecule has 1 unspecified atom stereocenters. The summed E-state index contributed by atoms with van der Waals surface area (Å²) in [5.41, 5.74) is 34.2. The molecule has 25 heteroatoms. The van der Waals surface area contributed by atoms with Gasteiger partial charge < -0.3 is 33.6 Å². The van der Waals surface area contributed by atoms with E-state index < -0.39 is 0 Å². The molecule has 0 aliphatic heterocycles. The molecule has 0 radical (unpaired) electrons. The highest BCUT2D eigenvalue weighted by molar-refractivity contribution is 6.30. The van der Waals surface area contributed by atoms with Gasteiger partial charge in [0, 0.05) is 57.5 Å². The van der Waals surface area contributed by atoms with Crippen LogP contribution in [0.1, 0.15) is 89.4 Å². The number of nitrogens with one attached hydrogen (secondary N) is 2. The van der Waals surface area contributed by atoms with Gasteiger partial charge in [0.15, 0.2) is 5.15 Å². The fraction of sp³-hybridized carbons (Fsp3) is 0.0909. The molecule has 91 heavy (non-hydrogen) atoms. The Morgan fingerprint density at radius 2 is 0.736 bits per heavy atom. The number of rotatable bonds is 10. The molecule has 0 amide bonds. The first kappa shape index (κ1) is 62.3. The van der Waals surface area contributed by atoms with E-state index in [1.54, 1.807) is 55.0 Å². The lowest BCUT2D eigenvalue weighted by molar-refractivity contribution is 0.788. The molecule has 12 rings (SSSR count). The van der Waals surface area contributed by atoms with Gasteiger partial charge in [-0.1, -0.05) is 48.0 Å². The van der Waals surface area contributed by atoms with Crippen molar-refractivity contribution >= 4 is 73.4 Å². The van der Waals surface area contributed by atoms with Gasteiger partial charge in [-0.25, -0.2) is 39.9 Å². The summed E-state index contributed by atoms with van der Waals surface area (Å²) in [7, 11) is 0. The molecular weight excluding hydrogens is 1160 g/mol. The number of hydrogen-bond acceptors (Lipinski definition) is 24. The molecule has 0 aliphatic rings. The zero-order valence-corrected chi connectivity index (χ0v) is 49.3. The predicted octanol–water partition coefficient (Wildman–Crippen LogP) is 10.9. The van der Waals surface area contributed by atoms with Crippen molar-refractivity contribution in [2.75, 3.05) is 27.8 Å². The minimum Gasteiger partial charge on any atom is -0.382 e. The Kier molecular flexibility index (Phi) is 19.7. The molecule has 9 aromatic heterocycles. The number of nitrogen functional groups attached to an aromatic ring is 3. The van der Waals surface area contributed by atoms with E-state index in [0.29, 0.717) is 50.7 Å². The van der Waals surface area contributed by atoms with E-state index in [1.807, 2.05) is 130 Å². The summed E-state index contributed by atoms with van der Waals surface area (Å²) in [6.07, 6.45) is 8.96. The lowest BCUT2D eigenvalue weighted by atomic mass is 9.99. The third-order valence-corrected chi connectivity index (χ3v) is 14.0. The standard InChI is InChI=1S/2C22H16N8.C17H14N4.C5H3ClN4/c2*1-13(29-22-17(11-24)21(25)27-12-28-22)20-16(18-6-2-3-8-26-18)9-15-14(10-23)5-4-7-19(15)30-20;1-11(19)17-14(15-6-2-3-8-20-15)9-13-12(10-18)5-4-7-16(13)21-17;6-4-3(1-7)5(8)10-2-9-4/h2*2-9,12-13H,1H3,(H3,25,27,28,29);2-9,11H,19H2,1H3;2H,(H2,8,9,10)/t2*13-;;/m10../s1. The van der Waals surface area contributed by atoms with E-state index in [4.69, 9.17) is 49.8 Å². The molecule has 3 aromatic carbocycles. The lowest BCUT2D eigenvalue weighted by Gasteiger charge is -2.19. The molecular formula is C66H49ClN24. The van der Waals surface area contributed by atoms with Gasteiger partial charge in [-0.05, 0) is 112 Å². The second kappa shape index (κ2) is 28.8. The Morgan fingerprint density at radius 1 is 0.396 bits per heavy atom. The Hall–Kier alpha value is -13.2. The summed E-state index contributed by atoms with van der Waals surface area (Å²) >= 11 is 5.48. The first-order valence-electron chi connectivity index (χ1n) is 27.4. The molecule has 12 aromatic rings. The van der Waals surface area contributed by atoms with Crippen LogP contribution in [-0.2, 0) is 0 Å². The van der Waals surface area contributed by atoms with Crippen LogP contribution in [0.2, 0.25) is 5.15 Å². The molecule has 0 bridgehead atoms. The average Bonchev–Trinajstić information content (AvgIpc) is 2.07. The summed E-state index contributed by atoms with van der Waals surface area (Å²) in [6, 6.07) is 50.7. The average molecular weight is 1210 g/mol. The number of fused-ring (bicyclic) bond motifs is 3. The zero-order chi connectivity index (χ0) is 64.6. The number of halogens is 1. The molecule has 0 saturated carbocycles. The first-order valence-corrected chi connectivity index (χ1v) is 27.8. The van der Waals surface area contributed by atoms with E-state index in [1.165, 1.54) is 19.0 Å². The summed E-state index contributed by atoms with van der Waals surface area (Å²) in [5.74, 6) is 0.992. The molecule has 0 spiro atoms. The Bertz CT molecular complexity index is 4710. The van der Waals surface area contributed by atoms with Crippen LogP contribution in [0, 0.1) is 68.0 Å². The lowest BCUT2D eigenvalue weighted by Crippen LogP contribution is -2.14. The van der Waals surface area contributed by atoms with Crippen LogP contribution in [0.3, 0.4) is 0 Å². The topological polar surface area (TPSA) is 426 Å². The maximum Gasteiger partial charge on any atom is 0.152 e. The normalized spacial score (nSPS) is 11.3. The minimum absolute atomic E-state index is 0.0926. The van der Waals surface area contributed by atoms with E-state index in [-0.39, 0.29) is 57.4 Å². The summed E-state index contributed by atoms with van der Waals surface area (Å²) in [4.78, 5) is 50.8. The van der Waals surface area contributed by atoms with Gasteiger partial charge in [0.05, 0.1) is 97.7 Å². The Balaban J connectivity index is 0.000000152. The molecule has 3 atom stereocenters. The Labute approximate surface area is 525 Å². The Morgan fingerprint density at radius 3 is 1.04 bits per heavy atom. The number of pyridine rings is 6. The van der Waals surface area contributed by atoms with E-state index in [9.17, 15) is 26.3 Å². The van der Waals surface area contributed by atoms with Crippen LogP contribution < -0.4 is 33.6 Å². The third kappa shape index (κ3) is 14.1. The molecule has 0 aliphatic carbocycles. The number of aromatic nitrogens is 12. The van der Waals surface area contributed by atoms with Crippen molar-refractivity contribution in [3.05, 3.63) is 221 Å². The molecule has 9 heterocycles. The second-order valence-electron chi connectivity index (χ2n) is 19.6. The monoisotopic (exact) mass is 1210 g/mol. The van der Waals surface area contributed by atoms with Crippen LogP contribution in [0.15, 0.2) is 165 Å². The summed E-state index contributed by atoms with van der Waals surface area (Å²) in [5, 5.41) is 64.3. The highest BCUT2D eigenvalue weighted by atomic mass is 35.5. The fourth-order valence-corrected chi connectivity index (χ4v) is 9.56. The van der Waals surface area contributed by atoms with Gasteiger partial charge >= 0.3 is 0 Å². The first-order chi connectivity index (χ1) is 44.2. The van der Waals surface area contributed by atoms with Gasteiger partial charge in [-0.2, -0.15) is 31.6 Å². The number of anilines is 5. The van der Waals surface area contributed by atoms with Crippen LogP contribution in [0.5, 0.6) is 0 Å². The van der Waals surface area contributed by atoms with Crippen molar-refractivity contribution in [3.8, 4) is 70.2 Å². The molecule has 440 valence electrons. The van der Waals surface area contributed by atoms with E-state index in [0.717, 1.165) is 61.1 Å². The van der Waals surface area contributed by atoms with Gasteiger partial charge in [0.1, 0.15) is 83.0 Å². The quantitative estimate of drug-likeness (QED) is 0.0693. The van der Waals surface area contributed by atoms with Gasteiger partial charge in [-0.15, -0.1) is 0 Å². The number of nitriles is 6. The maximum atomic E-state index is 9.49. The van der Waals surface area contributed by atoms with Crippen LogP contribution in [-0.4, -0.2) is 59.8 Å². The number of benzene rings is 3. The van der Waals surface area contributed by atoms with Crippen molar-refractivity contribution in [1.82, 2.24) is 59.8 Å². The summed E-state index contributed by atoms with van der Waals surface area (Å²) < 4.78 is 0. The number of hydrogen-bond donors (Lipinski definition) is 6.